The van der Waals surface area contributed by atoms with Crippen LogP contribution in [0.5, 0.6) is 0 Å². The SMILES string of the molecule is CC(C)N(C)CC(=O)N(C)CC=O.CCN(C)C.CCN(C)C(=O)CN(C)C=O.CCN(C)C(=O)CN(C)C=O.CCN(C)C(=O)CN(C)C=O.CN(C=O)CC(=O)O. The van der Waals surface area contributed by atoms with Crippen LogP contribution in [0.3, 0.4) is 0 Å². The van der Waals surface area contributed by atoms with E-state index in [1.54, 1.807) is 64.0 Å². The summed E-state index contributed by atoms with van der Waals surface area (Å²) in [6.07, 6.45) is 3.12. The molecule has 0 aromatic rings. The molecule has 21 nitrogen and oxygen atoms in total. The van der Waals surface area contributed by atoms with Crippen LogP contribution in [0.4, 0.5) is 0 Å². The van der Waals surface area contributed by atoms with Gasteiger partial charge in [-0.25, -0.2) is 0 Å². The van der Waals surface area contributed by atoms with Crippen molar-refractivity contribution in [3.05, 3.63) is 0 Å². The molecule has 0 radical (unpaired) electrons. The number of aliphatic carboxylic acids is 1. The zero-order chi connectivity index (χ0) is 47.8. The fraction of sp³-hybridized carbons (Fsp3) is 0.737. The molecule has 0 heterocycles. The van der Waals surface area contributed by atoms with Crippen LogP contribution in [0, 0.1) is 0 Å². The monoisotopic (exact) mass is 851 g/mol. The van der Waals surface area contributed by atoms with Gasteiger partial charge in [0, 0.05) is 82.1 Å². The molecule has 0 fully saturated rings. The van der Waals surface area contributed by atoms with Gasteiger partial charge in [-0.1, -0.05) is 6.92 Å². The summed E-state index contributed by atoms with van der Waals surface area (Å²) in [5.74, 6) is -1.14. The minimum Gasteiger partial charge on any atom is -0.480 e. The maximum atomic E-state index is 11.4. The molecule has 8 amide bonds. The van der Waals surface area contributed by atoms with E-state index in [-0.39, 0.29) is 56.4 Å². The van der Waals surface area contributed by atoms with Crippen LogP contribution in [0.1, 0.15) is 41.5 Å². The lowest BCUT2D eigenvalue weighted by molar-refractivity contribution is -0.140. The number of carbonyl (C=O) groups is 10. The molecular weight excluding hydrogens is 772 g/mol. The van der Waals surface area contributed by atoms with Crippen molar-refractivity contribution in [3.8, 4) is 0 Å². The number of hydrogen-bond donors (Lipinski definition) is 1. The van der Waals surface area contributed by atoms with Gasteiger partial charge >= 0.3 is 5.97 Å². The van der Waals surface area contributed by atoms with Gasteiger partial charge in [-0.3, -0.25) is 48.1 Å². The first-order valence-electron chi connectivity index (χ1n) is 18.8. The molecule has 0 aromatic heterocycles. The van der Waals surface area contributed by atoms with E-state index >= 15 is 0 Å². The predicted octanol–water partition coefficient (Wildman–Crippen LogP) is -1.63. The van der Waals surface area contributed by atoms with Gasteiger partial charge < -0.3 is 54.0 Å². The van der Waals surface area contributed by atoms with Gasteiger partial charge in [-0.2, -0.15) is 0 Å². The summed E-state index contributed by atoms with van der Waals surface area (Å²) in [6, 6.07) is 0.341. The Labute approximate surface area is 353 Å². The molecule has 0 aliphatic carbocycles. The minimum absolute atomic E-state index is 0.0247. The van der Waals surface area contributed by atoms with Crippen LogP contribution in [0.15, 0.2) is 0 Å². The molecule has 0 unspecified atom stereocenters. The van der Waals surface area contributed by atoms with E-state index in [0.29, 0.717) is 57.9 Å². The van der Waals surface area contributed by atoms with Crippen molar-refractivity contribution in [1.29, 1.82) is 0 Å². The van der Waals surface area contributed by atoms with Gasteiger partial charge in [0.1, 0.15) is 12.8 Å². The van der Waals surface area contributed by atoms with Crippen LogP contribution >= 0.6 is 0 Å². The molecule has 0 saturated carbocycles. The average Bonchev–Trinajstić information content (AvgIpc) is 3.20. The number of carboxylic acid groups (broad SMARTS) is 1. The van der Waals surface area contributed by atoms with Gasteiger partial charge in [-0.15, -0.1) is 0 Å². The molecule has 0 aliphatic rings. The Bertz CT molecular complexity index is 1100. The van der Waals surface area contributed by atoms with E-state index in [1.165, 1.54) is 26.6 Å². The first-order chi connectivity index (χ1) is 27.3. The zero-order valence-electron chi connectivity index (χ0n) is 39.0. The Morgan fingerprint density at radius 3 is 0.864 bits per heavy atom. The molecule has 59 heavy (non-hydrogen) atoms. The molecular formula is C38H78N10O11. The maximum absolute atomic E-state index is 11.4. The number of carboxylic acids is 1. The standard InChI is InChI=1S/C9H18N2O2.3C7H14N2O2.C4H7NO3.C4H11N/c1-8(2)11(4)7-9(13)10(3)5-6-12;3*1-4-9(3)7(11)5-8(2)6-10;1-5(3-6)2-4(7)8;1-4-5(2)3/h6,8H,5,7H2,1-4H3;3*6H,4-5H2,1-3H3;3H,2H2,1H3,(H,7,8);4H2,1-3H3. The van der Waals surface area contributed by atoms with Crippen molar-refractivity contribution >= 4 is 61.5 Å². The number of carbonyl (C=O) groups excluding carboxylic acids is 9. The third-order valence-corrected chi connectivity index (χ3v) is 7.63. The molecule has 0 rings (SSSR count). The summed E-state index contributed by atoms with van der Waals surface area (Å²) in [6.45, 7) is 15.8. The van der Waals surface area contributed by atoms with Gasteiger partial charge in [-0.05, 0) is 62.3 Å². The van der Waals surface area contributed by atoms with Gasteiger partial charge in [0.15, 0.2) is 0 Å². The summed E-state index contributed by atoms with van der Waals surface area (Å²) in [4.78, 5) is 120. The van der Waals surface area contributed by atoms with Crippen molar-refractivity contribution in [1.82, 2.24) is 49.0 Å². The molecule has 0 bridgehead atoms. The summed E-state index contributed by atoms with van der Waals surface area (Å²) in [7, 11) is 18.9. The first kappa shape index (κ1) is 65.7. The zero-order valence-corrected chi connectivity index (χ0v) is 39.0. The lowest BCUT2D eigenvalue weighted by atomic mass is 10.3. The van der Waals surface area contributed by atoms with Crippen LogP contribution in [0.25, 0.3) is 0 Å². The predicted molar refractivity (Wildman–Crippen MR) is 228 cm³/mol. The number of rotatable bonds is 21. The highest BCUT2D eigenvalue weighted by Crippen LogP contribution is 1.94. The van der Waals surface area contributed by atoms with Crippen LogP contribution in [-0.2, 0) is 47.9 Å². The summed E-state index contributed by atoms with van der Waals surface area (Å²) >= 11 is 0. The lowest BCUT2D eigenvalue weighted by Gasteiger charge is -2.23. The minimum atomic E-state index is -1.00. The highest BCUT2D eigenvalue weighted by molar-refractivity contribution is 5.81. The van der Waals surface area contributed by atoms with E-state index in [1.807, 2.05) is 46.6 Å². The normalized spacial score (nSPS) is 9.29. The Balaban J connectivity index is -0.000000145. The van der Waals surface area contributed by atoms with E-state index in [9.17, 15) is 47.9 Å². The number of likely N-dealkylation sites (N-methyl/N-ethyl adjacent to an activating group) is 9. The first-order valence-corrected chi connectivity index (χ1v) is 18.8. The second kappa shape index (κ2) is 42.4. The second-order valence-electron chi connectivity index (χ2n) is 13.5. The van der Waals surface area contributed by atoms with Crippen molar-refractivity contribution in [3.63, 3.8) is 0 Å². The van der Waals surface area contributed by atoms with E-state index < -0.39 is 5.97 Å². The number of aldehydes is 1. The van der Waals surface area contributed by atoms with Crippen molar-refractivity contribution < 1.29 is 53.1 Å². The molecule has 0 atom stereocenters. The largest absolute Gasteiger partial charge is 0.480 e. The van der Waals surface area contributed by atoms with E-state index in [2.05, 4.69) is 25.9 Å². The Morgan fingerprint density at radius 1 is 0.441 bits per heavy atom. The van der Waals surface area contributed by atoms with Gasteiger partial charge in [0.2, 0.25) is 49.3 Å². The summed E-state index contributed by atoms with van der Waals surface area (Å²) in [5, 5.41) is 8.01. The molecule has 0 saturated heterocycles. The van der Waals surface area contributed by atoms with Crippen molar-refractivity contribution in [2.45, 2.75) is 47.6 Å². The quantitative estimate of drug-likeness (QED) is 0.128. The van der Waals surface area contributed by atoms with E-state index in [4.69, 9.17) is 5.11 Å². The second-order valence-corrected chi connectivity index (χ2v) is 13.5. The fourth-order valence-corrected chi connectivity index (χ4v) is 2.62. The topological polar surface area (TPSA) is 223 Å². The maximum Gasteiger partial charge on any atom is 0.323 e. The average molecular weight is 851 g/mol. The summed E-state index contributed by atoms with van der Waals surface area (Å²) in [5.41, 5.74) is 0. The van der Waals surface area contributed by atoms with Gasteiger partial charge in [0.25, 0.3) is 0 Å². The fourth-order valence-electron chi connectivity index (χ4n) is 2.62. The van der Waals surface area contributed by atoms with E-state index in [0.717, 1.165) is 17.7 Å². The third-order valence-electron chi connectivity index (χ3n) is 7.63. The Kier molecular flexibility index (Phi) is 47.2. The molecule has 0 spiro atoms. The number of hydrogen-bond acceptors (Lipinski definition) is 12. The molecule has 1 N–H and O–H groups in total. The molecule has 21 heteroatoms. The highest BCUT2D eigenvalue weighted by Gasteiger charge is 2.13. The molecule has 0 aromatic carbocycles. The van der Waals surface area contributed by atoms with Crippen LogP contribution in [0.2, 0.25) is 0 Å². The molecule has 0 aliphatic heterocycles. The smallest absolute Gasteiger partial charge is 0.323 e. The van der Waals surface area contributed by atoms with Crippen molar-refractivity contribution in [2.24, 2.45) is 0 Å². The Morgan fingerprint density at radius 2 is 0.695 bits per heavy atom. The van der Waals surface area contributed by atoms with Gasteiger partial charge in [0.05, 0.1) is 32.7 Å². The Hall–Kier alpha value is -5.18. The third kappa shape index (κ3) is 47.1. The highest BCUT2D eigenvalue weighted by atomic mass is 16.4. The lowest BCUT2D eigenvalue weighted by Crippen LogP contribution is -2.39. The van der Waals surface area contributed by atoms with Crippen LogP contribution < -0.4 is 0 Å². The molecule has 346 valence electrons. The van der Waals surface area contributed by atoms with Crippen molar-refractivity contribution in [2.75, 3.05) is 143 Å². The number of amides is 8. The van der Waals surface area contributed by atoms with Crippen LogP contribution in [-0.4, -0.2) is 265 Å². The summed E-state index contributed by atoms with van der Waals surface area (Å²) < 4.78 is 0. The number of nitrogens with zero attached hydrogens (tertiary/aromatic N) is 10.